The quantitative estimate of drug-likeness (QED) is 0.506. The van der Waals surface area contributed by atoms with Crippen LogP contribution in [0.2, 0.25) is 0 Å². The van der Waals surface area contributed by atoms with Crippen LogP contribution in [-0.2, 0) is 11.2 Å². The van der Waals surface area contributed by atoms with Crippen LogP contribution in [0.15, 0.2) is 60.7 Å². The third-order valence-electron chi connectivity index (χ3n) is 5.02. The SMILES string of the molecule is COc1cccc(CC(=O)Nc2n[nH]c3cc(-c4cc(C)ccc4C)ccc23)c1. The zero-order valence-electron chi connectivity index (χ0n) is 16.7. The van der Waals surface area contributed by atoms with Crippen molar-refractivity contribution in [1.82, 2.24) is 10.2 Å². The molecule has 0 aliphatic heterocycles. The number of aromatic amines is 1. The van der Waals surface area contributed by atoms with E-state index in [2.05, 4.69) is 59.7 Å². The number of nitrogens with zero attached hydrogens (tertiary/aromatic N) is 1. The number of anilines is 1. The standard InChI is InChI=1S/C24H23N3O2/c1-15-7-8-16(2)21(11-15)18-9-10-20-22(14-18)26-27-24(20)25-23(28)13-17-5-4-6-19(12-17)29-3/h4-12,14H,13H2,1-3H3,(H2,25,26,27,28). The van der Waals surface area contributed by atoms with Crippen molar-refractivity contribution in [2.24, 2.45) is 0 Å². The maximum Gasteiger partial charge on any atom is 0.230 e. The minimum absolute atomic E-state index is 0.120. The second kappa shape index (κ2) is 7.80. The van der Waals surface area contributed by atoms with E-state index in [1.54, 1.807) is 7.11 Å². The van der Waals surface area contributed by atoms with Crippen LogP contribution in [0.5, 0.6) is 5.75 Å². The molecular weight excluding hydrogens is 362 g/mol. The number of nitrogens with one attached hydrogen (secondary N) is 2. The normalized spacial score (nSPS) is 10.9. The molecule has 0 fully saturated rings. The maximum absolute atomic E-state index is 12.5. The highest BCUT2D eigenvalue weighted by molar-refractivity contribution is 6.01. The molecule has 1 aromatic heterocycles. The number of aryl methyl sites for hydroxylation is 2. The summed E-state index contributed by atoms with van der Waals surface area (Å²) in [4.78, 5) is 12.5. The Balaban J connectivity index is 1.56. The third-order valence-corrected chi connectivity index (χ3v) is 5.02. The zero-order chi connectivity index (χ0) is 20.4. The molecule has 4 rings (SSSR count). The number of amides is 1. The number of rotatable bonds is 5. The molecule has 29 heavy (non-hydrogen) atoms. The second-order valence-electron chi connectivity index (χ2n) is 7.23. The molecule has 3 aromatic carbocycles. The van der Waals surface area contributed by atoms with Crippen molar-refractivity contribution in [3.8, 4) is 16.9 Å². The van der Waals surface area contributed by atoms with Crippen molar-refractivity contribution in [1.29, 1.82) is 0 Å². The number of hydrogen-bond acceptors (Lipinski definition) is 3. The minimum atomic E-state index is -0.120. The van der Waals surface area contributed by atoms with Gasteiger partial charge in [0.15, 0.2) is 5.82 Å². The van der Waals surface area contributed by atoms with Crippen LogP contribution in [0, 0.1) is 13.8 Å². The van der Waals surface area contributed by atoms with Crippen LogP contribution in [0.25, 0.3) is 22.0 Å². The second-order valence-corrected chi connectivity index (χ2v) is 7.23. The van der Waals surface area contributed by atoms with Gasteiger partial charge in [0, 0.05) is 5.39 Å². The van der Waals surface area contributed by atoms with Gasteiger partial charge in [-0.25, -0.2) is 0 Å². The lowest BCUT2D eigenvalue weighted by molar-refractivity contribution is -0.115. The Hall–Kier alpha value is -3.60. The molecule has 0 unspecified atom stereocenters. The van der Waals surface area contributed by atoms with Gasteiger partial charge in [0.05, 0.1) is 19.0 Å². The first kappa shape index (κ1) is 18.7. The lowest BCUT2D eigenvalue weighted by atomic mass is 9.98. The largest absolute Gasteiger partial charge is 0.497 e. The summed E-state index contributed by atoms with van der Waals surface area (Å²) in [6, 6.07) is 20.1. The average Bonchev–Trinajstić information content (AvgIpc) is 3.11. The van der Waals surface area contributed by atoms with E-state index in [0.29, 0.717) is 5.82 Å². The zero-order valence-corrected chi connectivity index (χ0v) is 16.7. The van der Waals surface area contributed by atoms with Gasteiger partial charge in [-0.2, -0.15) is 5.10 Å². The van der Waals surface area contributed by atoms with Crippen molar-refractivity contribution in [2.75, 3.05) is 12.4 Å². The lowest BCUT2D eigenvalue weighted by Gasteiger charge is -2.08. The summed E-state index contributed by atoms with van der Waals surface area (Å²) < 4.78 is 5.21. The number of carbonyl (C=O) groups excluding carboxylic acids is 1. The summed E-state index contributed by atoms with van der Waals surface area (Å²) in [6.45, 7) is 4.20. The van der Waals surface area contributed by atoms with E-state index in [9.17, 15) is 4.79 Å². The van der Waals surface area contributed by atoms with Crippen molar-refractivity contribution in [3.63, 3.8) is 0 Å². The Kier molecular flexibility index (Phi) is 5.04. The van der Waals surface area contributed by atoms with Gasteiger partial charge in [-0.05, 0) is 60.4 Å². The summed E-state index contributed by atoms with van der Waals surface area (Å²) in [5.74, 6) is 1.16. The molecule has 0 aliphatic rings. The fourth-order valence-electron chi connectivity index (χ4n) is 3.47. The van der Waals surface area contributed by atoms with E-state index in [1.807, 2.05) is 30.3 Å². The molecule has 1 heterocycles. The number of benzene rings is 3. The Labute approximate surface area is 169 Å². The average molecular weight is 385 g/mol. The minimum Gasteiger partial charge on any atom is -0.497 e. The molecule has 0 spiro atoms. The Bertz CT molecular complexity index is 1190. The molecule has 0 atom stereocenters. The first-order chi connectivity index (χ1) is 14.0. The highest BCUT2D eigenvalue weighted by atomic mass is 16.5. The molecule has 5 nitrogen and oxygen atoms in total. The number of fused-ring (bicyclic) bond motifs is 1. The molecule has 0 saturated heterocycles. The summed E-state index contributed by atoms with van der Waals surface area (Å²) >= 11 is 0. The monoisotopic (exact) mass is 385 g/mol. The molecule has 1 amide bonds. The predicted octanol–water partition coefficient (Wildman–Crippen LogP) is 5.04. The molecule has 2 N–H and O–H groups in total. The summed E-state index contributed by atoms with van der Waals surface area (Å²) in [7, 11) is 1.61. The highest BCUT2D eigenvalue weighted by Crippen LogP contribution is 2.29. The van der Waals surface area contributed by atoms with Gasteiger partial charge >= 0.3 is 0 Å². The van der Waals surface area contributed by atoms with Crippen LogP contribution < -0.4 is 10.1 Å². The van der Waals surface area contributed by atoms with Gasteiger partial charge in [-0.15, -0.1) is 0 Å². The van der Waals surface area contributed by atoms with Crippen molar-refractivity contribution < 1.29 is 9.53 Å². The van der Waals surface area contributed by atoms with Gasteiger partial charge in [-0.1, -0.05) is 42.0 Å². The smallest absolute Gasteiger partial charge is 0.230 e. The first-order valence-corrected chi connectivity index (χ1v) is 9.52. The van der Waals surface area contributed by atoms with Crippen molar-refractivity contribution in [2.45, 2.75) is 20.3 Å². The van der Waals surface area contributed by atoms with Crippen LogP contribution in [-0.4, -0.2) is 23.2 Å². The number of carbonyl (C=O) groups is 1. The molecule has 0 radical (unpaired) electrons. The van der Waals surface area contributed by atoms with E-state index >= 15 is 0 Å². The summed E-state index contributed by atoms with van der Waals surface area (Å²) in [6.07, 6.45) is 0.256. The topological polar surface area (TPSA) is 67.0 Å². The summed E-state index contributed by atoms with van der Waals surface area (Å²) in [5, 5.41) is 11.1. The fraction of sp³-hybridized carbons (Fsp3) is 0.167. The molecule has 4 aromatic rings. The molecule has 0 bridgehead atoms. The molecule has 0 aliphatic carbocycles. The van der Waals surface area contributed by atoms with Crippen LogP contribution in [0.3, 0.4) is 0 Å². The van der Waals surface area contributed by atoms with E-state index in [0.717, 1.165) is 27.8 Å². The van der Waals surface area contributed by atoms with Crippen molar-refractivity contribution in [3.05, 3.63) is 77.4 Å². The number of aromatic nitrogens is 2. The summed E-state index contributed by atoms with van der Waals surface area (Å²) in [5.41, 5.74) is 6.54. The lowest BCUT2D eigenvalue weighted by Crippen LogP contribution is -2.14. The van der Waals surface area contributed by atoms with E-state index < -0.39 is 0 Å². The van der Waals surface area contributed by atoms with Gasteiger partial charge in [0.2, 0.25) is 5.91 Å². The van der Waals surface area contributed by atoms with Crippen LogP contribution in [0.4, 0.5) is 5.82 Å². The van der Waals surface area contributed by atoms with Crippen molar-refractivity contribution >= 4 is 22.6 Å². The fourth-order valence-corrected chi connectivity index (χ4v) is 3.47. The van der Waals surface area contributed by atoms with E-state index in [4.69, 9.17) is 4.74 Å². The molecular formula is C24H23N3O2. The first-order valence-electron chi connectivity index (χ1n) is 9.52. The molecule has 0 saturated carbocycles. The van der Waals surface area contributed by atoms with E-state index in [1.165, 1.54) is 16.7 Å². The number of H-pyrrole nitrogens is 1. The van der Waals surface area contributed by atoms with E-state index in [-0.39, 0.29) is 12.3 Å². The van der Waals surface area contributed by atoms with Crippen LogP contribution >= 0.6 is 0 Å². The molecule has 5 heteroatoms. The van der Waals surface area contributed by atoms with Gasteiger partial charge < -0.3 is 10.1 Å². The predicted molar refractivity (Wildman–Crippen MR) is 116 cm³/mol. The molecule has 146 valence electrons. The maximum atomic E-state index is 12.5. The van der Waals surface area contributed by atoms with Gasteiger partial charge in [0.1, 0.15) is 5.75 Å². The third kappa shape index (κ3) is 3.99. The number of ether oxygens (including phenoxy) is 1. The van der Waals surface area contributed by atoms with Gasteiger partial charge in [-0.3, -0.25) is 9.89 Å². The Morgan fingerprint density at radius 2 is 1.93 bits per heavy atom. The highest BCUT2D eigenvalue weighted by Gasteiger charge is 2.12. The van der Waals surface area contributed by atoms with Gasteiger partial charge in [0.25, 0.3) is 0 Å². The Morgan fingerprint density at radius 1 is 1.07 bits per heavy atom. The number of hydrogen-bond donors (Lipinski definition) is 2. The number of methoxy groups -OCH3 is 1. The Morgan fingerprint density at radius 3 is 2.76 bits per heavy atom. The van der Waals surface area contributed by atoms with Crippen LogP contribution in [0.1, 0.15) is 16.7 Å².